The minimum Gasteiger partial charge on any atom is -0.464 e. The van der Waals surface area contributed by atoms with Crippen LogP contribution in [0.5, 0.6) is 0 Å². The molecule has 5 nitrogen and oxygen atoms in total. The zero-order valence-corrected chi connectivity index (χ0v) is 11.4. The van der Waals surface area contributed by atoms with E-state index in [1.165, 1.54) is 13.2 Å². The van der Waals surface area contributed by atoms with Gasteiger partial charge in [0.1, 0.15) is 5.70 Å². The summed E-state index contributed by atoms with van der Waals surface area (Å²) >= 11 is 0. The number of carbonyl (C=O) groups excluding carboxylic acids is 2. The van der Waals surface area contributed by atoms with Crippen molar-refractivity contribution in [2.24, 2.45) is 0 Å². The molecule has 1 N–H and O–H groups in total. The van der Waals surface area contributed by atoms with Crippen molar-refractivity contribution in [2.75, 3.05) is 7.11 Å². The second-order valence-electron chi connectivity index (χ2n) is 4.15. The van der Waals surface area contributed by atoms with Gasteiger partial charge in [0.05, 0.1) is 7.11 Å². The average molecular weight is 282 g/mol. The van der Waals surface area contributed by atoms with Crippen molar-refractivity contribution in [2.45, 2.75) is 0 Å². The summed E-state index contributed by atoms with van der Waals surface area (Å²) in [5.41, 5.74) is 1.26. The molecule has 1 aromatic heterocycles. The molecule has 0 unspecified atom stereocenters. The van der Waals surface area contributed by atoms with Gasteiger partial charge in [0.2, 0.25) is 0 Å². The Balaban J connectivity index is 2.24. The van der Waals surface area contributed by atoms with E-state index in [1.807, 2.05) is 6.07 Å². The lowest BCUT2D eigenvalue weighted by Crippen LogP contribution is -2.28. The first kappa shape index (κ1) is 14.5. The summed E-state index contributed by atoms with van der Waals surface area (Å²) in [6.07, 6.45) is 4.73. The van der Waals surface area contributed by atoms with Gasteiger partial charge in [-0.1, -0.05) is 18.2 Å². The van der Waals surface area contributed by atoms with Crippen LogP contribution in [0, 0.1) is 0 Å². The predicted octanol–water partition coefficient (Wildman–Crippen LogP) is 2.03. The molecule has 2 rings (SSSR count). The number of ether oxygens (including phenoxy) is 1. The highest BCUT2D eigenvalue weighted by Gasteiger charge is 2.14. The van der Waals surface area contributed by atoms with Gasteiger partial charge in [-0.3, -0.25) is 9.78 Å². The Morgan fingerprint density at radius 3 is 2.38 bits per heavy atom. The van der Waals surface area contributed by atoms with E-state index in [-0.39, 0.29) is 11.6 Å². The molecule has 0 saturated heterocycles. The van der Waals surface area contributed by atoms with E-state index in [4.69, 9.17) is 0 Å². The maximum absolute atomic E-state index is 12.1. The van der Waals surface area contributed by atoms with E-state index in [0.717, 1.165) is 5.56 Å². The Labute approximate surface area is 122 Å². The van der Waals surface area contributed by atoms with E-state index in [2.05, 4.69) is 15.0 Å². The number of pyridine rings is 1. The van der Waals surface area contributed by atoms with E-state index in [0.29, 0.717) is 5.56 Å². The van der Waals surface area contributed by atoms with E-state index >= 15 is 0 Å². The molecule has 1 heterocycles. The molecular formula is C16H14N2O3. The van der Waals surface area contributed by atoms with Crippen LogP contribution in [0.25, 0.3) is 6.08 Å². The standard InChI is InChI=1S/C16H14N2O3/c1-21-16(20)14(11-12-7-9-17-10-8-12)18-15(19)13-5-3-2-4-6-13/h2-11H,1H3,(H,18,19). The van der Waals surface area contributed by atoms with Gasteiger partial charge < -0.3 is 10.1 Å². The molecule has 5 heteroatoms. The van der Waals surface area contributed by atoms with Crippen LogP contribution in [0.15, 0.2) is 60.6 Å². The molecule has 1 amide bonds. The van der Waals surface area contributed by atoms with Crippen molar-refractivity contribution >= 4 is 18.0 Å². The van der Waals surface area contributed by atoms with Crippen molar-refractivity contribution < 1.29 is 14.3 Å². The van der Waals surface area contributed by atoms with Crippen molar-refractivity contribution in [1.82, 2.24) is 10.3 Å². The van der Waals surface area contributed by atoms with Gasteiger partial charge >= 0.3 is 5.97 Å². The number of nitrogens with zero attached hydrogens (tertiary/aromatic N) is 1. The molecule has 0 atom stereocenters. The van der Waals surface area contributed by atoms with Gasteiger partial charge in [-0.2, -0.15) is 0 Å². The predicted molar refractivity (Wildman–Crippen MR) is 78.1 cm³/mol. The molecule has 0 fully saturated rings. The van der Waals surface area contributed by atoms with Crippen LogP contribution in [0.3, 0.4) is 0 Å². The third-order valence-corrected chi connectivity index (χ3v) is 2.71. The molecule has 0 aliphatic rings. The van der Waals surface area contributed by atoms with Crippen molar-refractivity contribution in [3.05, 3.63) is 71.7 Å². The Hall–Kier alpha value is -2.95. The third-order valence-electron chi connectivity index (χ3n) is 2.71. The highest BCUT2D eigenvalue weighted by atomic mass is 16.5. The summed E-state index contributed by atoms with van der Waals surface area (Å²) in [7, 11) is 1.26. The number of methoxy groups -OCH3 is 1. The van der Waals surface area contributed by atoms with Gasteiger partial charge in [-0.25, -0.2) is 4.79 Å². The van der Waals surface area contributed by atoms with Gasteiger partial charge in [0.15, 0.2) is 0 Å². The molecule has 0 aliphatic carbocycles. The first-order chi connectivity index (χ1) is 10.2. The second kappa shape index (κ2) is 7.00. The quantitative estimate of drug-likeness (QED) is 0.688. The fraction of sp³-hybridized carbons (Fsp3) is 0.0625. The summed E-state index contributed by atoms with van der Waals surface area (Å²) < 4.78 is 4.68. The molecule has 21 heavy (non-hydrogen) atoms. The molecule has 0 radical (unpaired) electrons. The van der Waals surface area contributed by atoms with Crippen LogP contribution >= 0.6 is 0 Å². The van der Waals surface area contributed by atoms with Crippen molar-refractivity contribution in [3.63, 3.8) is 0 Å². The van der Waals surface area contributed by atoms with Gasteiger partial charge in [0, 0.05) is 18.0 Å². The number of amides is 1. The highest BCUT2D eigenvalue weighted by Crippen LogP contribution is 2.07. The Bertz CT molecular complexity index is 652. The maximum Gasteiger partial charge on any atom is 0.354 e. The fourth-order valence-corrected chi connectivity index (χ4v) is 1.67. The number of benzene rings is 1. The van der Waals surface area contributed by atoms with Crippen molar-refractivity contribution in [1.29, 1.82) is 0 Å². The van der Waals surface area contributed by atoms with E-state index in [9.17, 15) is 9.59 Å². The van der Waals surface area contributed by atoms with E-state index < -0.39 is 5.97 Å². The van der Waals surface area contributed by atoms with Crippen molar-refractivity contribution in [3.8, 4) is 0 Å². The summed E-state index contributed by atoms with van der Waals surface area (Å²) in [5, 5.41) is 2.56. The molecule has 2 aromatic rings. The topological polar surface area (TPSA) is 68.3 Å². The first-order valence-electron chi connectivity index (χ1n) is 6.27. The normalized spacial score (nSPS) is 10.8. The minimum atomic E-state index is -0.615. The number of rotatable bonds is 4. The van der Waals surface area contributed by atoms with Crippen LogP contribution in [0.4, 0.5) is 0 Å². The number of carbonyl (C=O) groups is 2. The number of esters is 1. The lowest BCUT2D eigenvalue weighted by molar-refractivity contribution is -0.136. The Morgan fingerprint density at radius 2 is 1.76 bits per heavy atom. The van der Waals surface area contributed by atoms with E-state index in [1.54, 1.807) is 48.8 Å². The summed E-state index contributed by atoms with van der Waals surface area (Å²) in [5.74, 6) is -0.989. The zero-order chi connectivity index (χ0) is 15.1. The Kier molecular flexibility index (Phi) is 4.82. The van der Waals surface area contributed by atoms with Crippen LogP contribution in [0.1, 0.15) is 15.9 Å². The monoisotopic (exact) mass is 282 g/mol. The summed E-state index contributed by atoms with van der Waals surface area (Å²) in [6.45, 7) is 0. The molecular weight excluding hydrogens is 268 g/mol. The molecule has 0 saturated carbocycles. The molecule has 0 aliphatic heterocycles. The molecule has 106 valence electrons. The smallest absolute Gasteiger partial charge is 0.354 e. The molecule has 0 bridgehead atoms. The number of hydrogen-bond donors (Lipinski definition) is 1. The lowest BCUT2D eigenvalue weighted by atomic mass is 10.2. The average Bonchev–Trinajstić information content (AvgIpc) is 2.55. The van der Waals surface area contributed by atoms with Gasteiger partial charge in [-0.15, -0.1) is 0 Å². The largest absolute Gasteiger partial charge is 0.464 e. The van der Waals surface area contributed by atoms with Crippen LogP contribution in [0.2, 0.25) is 0 Å². The number of aromatic nitrogens is 1. The lowest BCUT2D eigenvalue weighted by Gasteiger charge is -2.08. The zero-order valence-electron chi connectivity index (χ0n) is 11.4. The highest BCUT2D eigenvalue weighted by molar-refractivity contribution is 6.03. The SMILES string of the molecule is COC(=O)C(=Cc1ccncc1)NC(=O)c1ccccc1. The fourth-order valence-electron chi connectivity index (χ4n) is 1.67. The van der Waals surface area contributed by atoms with Crippen LogP contribution < -0.4 is 5.32 Å². The van der Waals surface area contributed by atoms with Gasteiger partial charge in [-0.05, 0) is 35.9 Å². The molecule has 1 aromatic carbocycles. The summed E-state index contributed by atoms with van der Waals surface area (Å²) in [4.78, 5) is 27.7. The Morgan fingerprint density at radius 1 is 1.10 bits per heavy atom. The summed E-state index contributed by atoms with van der Waals surface area (Å²) in [6, 6.07) is 12.1. The third kappa shape index (κ3) is 4.01. The maximum atomic E-state index is 12.1. The second-order valence-corrected chi connectivity index (χ2v) is 4.15. The number of nitrogens with one attached hydrogen (secondary N) is 1. The number of hydrogen-bond acceptors (Lipinski definition) is 4. The minimum absolute atomic E-state index is 0.0672. The van der Waals surface area contributed by atoms with Gasteiger partial charge in [0.25, 0.3) is 5.91 Å². The van der Waals surface area contributed by atoms with Crippen LogP contribution in [-0.4, -0.2) is 24.0 Å². The molecule has 0 spiro atoms. The van der Waals surface area contributed by atoms with Crippen LogP contribution in [-0.2, 0) is 9.53 Å². The first-order valence-corrected chi connectivity index (χ1v) is 6.27.